The smallest absolute Gasteiger partial charge is 0.260 e. The third-order valence-corrected chi connectivity index (χ3v) is 7.22. The molecule has 0 spiro atoms. The Kier molecular flexibility index (Phi) is 7.51. The van der Waals surface area contributed by atoms with Gasteiger partial charge in [-0.15, -0.1) is 6.58 Å². The minimum atomic E-state index is -0.0836. The number of piperazine rings is 1. The fourth-order valence-corrected chi connectivity index (χ4v) is 5.07. The highest BCUT2D eigenvalue weighted by Gasteiger charge is 2.28. The van der Waals surface area contributed by atoms with E-state index in [-0.39, 0.29) is 11.8 Å². The molecule has 0 saturated carbocycles. The Morgan fingerprint density at radius 3 is 2.54 bits per heavy atom. The molecule has 9 nitrogen and oxygen atoms in total. The molecule has 39 heavy (non-hydrogen) atoms. The average molecular weight is 527 g/mol. The van der Waals surface area contributed by atoms with E-state index in [0.29, 0.717) is 53.8 Å². The molecule has 1 fully saturated rings. The topological polar surface area (TPSA) is 81.2 Å². The molecular formula is C30H34N6O3. The van der Waals surface area contributed by atoms with Crippen LogP contribution in [0.4, 0.5) is 28.6 Å². The minimum absolute atomic E-state index is 0.00286. The Bertz CT molecular complexity index is 1400. The van der Waals surface area contributed by atoms with Crippen molar-refractivity contribution in [2.45, 2.75) is 6.92 Å². The highest BCUT2D eigenvalue weighted by Crippen LogP contribution is 2.40. The van der Waals surface area contributed by atoms with Crippen molar-refractivity contribution in [1.29, 1.82) is 0 Å². The highest BCUT2D eigenvalue weighted by molar-refractivity contribution is 6.13. The average Bonchev–Trinajstić information content (AvgIpc) is 3.04. The van der Waals surface area contributed by atoms with Gasteiger partial charge in [0, 0.05) is 58.4 Å². The number of amides is 2. The maximum Gasteiger partial charge on any atom is 0.260 e. The Hall–Kier alpha value is -4.37. The van der Waals surface area contributed by atoms with Crippen LogP contribution in [0, 0.1) is 0 Å². The monoisotopic (exact) mass is 526 g/mol. The van der Waals surface area contributed by atoms with Crippen molar-refractivity contribution in [3.63, 3.8) is 0 Å². The molecule has 0 radical (unpaired) electrons. The quantitative estimate of drug-likeness (QED) is 0.453. The summed E-state index contributed by atoms with van der Waals surface area (Å²) in [5.41, 5.74) is 4.31. The highest BCUT2D eigenvalue weighted by atomic mass is 16.5. The number of para-hydroxylation sites is 1. The van der Waals surface area contributed by atoms with Crippen molar-refractivity contribution in [3.05, 3.63) is 78.5 Å². The van der Waals surface area contributed by atoms with Gasteiger partial charge in [0.2, 0.25) is 0 Å². The second-order valence-electron chi connectivity index (χ2n) is 9.65. The summed E-state index contributed by atoms with van der Waals surface area (Å²) in [6.07, 6.45) is 3.59. The molecule has 2 amide bonds. The van der Waals surface area contributed by atoms with Crippen molar-refractivity contribution >= 4 is 40.4 Å². The van der Waals surface area contributed by atoms with E-state index < -0.39 is 0 Å². The van der Waals surface area contributed by atoms with Gasteiger partial charge in [0.1, 0.15) is 11.6 Å². The van der Waals surface area contributed by atoms with Crippen LogP contribution in [0.5, 0.6) is 5.75 Å². The summed E-state index contributed by atoms with van der Waals surface area (Å²) >= 11 is 0. The molecule has 0 unspecified atom stereocenters. The van der Waals surface area contributed by atoms with Gasteiger partial charge in [-0.2, -0.15) is 0 Å². The lowest BCUT2D eigenvalue weighted by atomic mass is 10.1. The van der Waals surface area contributed by atoms with E-state index in [4.69, 9.17) is 4.74 Å². The summed E-state index contributed by atoms with van der Waals surface area (Å²) in [4.78, 5) is 38.7. The normalized spacial score (nSPS) is 15.4. The molecule has 1 saturated heterocycles. The van der Waals surface area contributed by atoms with Crippen molar-refractivity contribution in [1.82, 2.24) is 14.8 Å². The predicted octanol–water partition coefficient (Wildman–Crippen LogP) is 4.53. The lowest BCUT2D eigenvalue weighted by Gasteiger charge is -2.34. The van der Waals surface area contributed by atoms with Gasteiger partial charge < -0.3 is 24.8 Å². The van der Waals surface area contributed by atoms with E-state index in [2.05, 4.69) is 21.8 Å². The molecule has 1 aromatic heterocycles. The van der Waals surface area contributed by atoms with Crippen LogP contribution in [0.25, 0.3) is 0 Å². The second kappa shape index (κ2) is 11.2. The molecule has 3 aromatic rings. The number of aromatic nitrogens is 1. The maximum absolute atomic E-state index is 13.2. The zero-order valence-electron chi connectivity index (χ0n) is 22.7. The van der Waals surface area contributed by atoms with Crippen LogP contribution in [-0.2, 0) is 0 Å². The number of hydrogen-bond acceptors (Lipinski definition) is 7. The van der Waals surface area contributed by atoms with Gasteiger partial charge in [-0.25, -0.2) is 4.98 Å². The van der Waals surface area contributed by atoms with Crippen molar-refractivity contribution < 1.29 is 14.3 Å². The number of ether oxygens (including phenoxy) is 1. The fraction of sp³-hybridized carbons (Fsp3) is 0.300. The number of pyridine rings is 1. The maximum atomic E-state index is 13.2. The van der Waals surface area contributed by atoms with Crippen LogP contribution in [0.15, 0.2) is 67.4 Å². The van der Waals surface area contributed by atoms with E-state index in [9.17, 15) is 9.59 Å². The van der Waals surface area contributed by atoms with Crippen LogP contribution in [0.1, 0.15) is 27.6 Å². The summed E-state index contributed by atoms with van der Waals surface area (Å²) in [6, 6.07) is 14.9. The number of benzene rings is 2. The van der Waals surface area contributed by atoms with E-state index in [1.54, 1.807) is 24.2 Å². The van der Waals surface area contributed by atoms with Gasteiger partial charge in [-0.3, -0.25) is 14.5 Å². The molecule has 2 aliphatic heterocycles. The van der Waals surface area contributed by atoms with Gasteiger partial charge in [-0.05, 0) is 37.3 Å². The van der Waals surface area contributed by atoms with Gasteiger partial charge in [-0.1, -0.05) is 18.2 Å². The van der Waals surface area contributed by atoms with Crippen LogP contribution in [-0.4, -0.2) is 80.0 Å². The first kappa shape index (κ1) is 26.2. The van der Waals surface area contributed by atoms with Crippen LogP contribution in [0.2, 0.25) is 0 Å². The summed E-state index contributed by atoms with van der Waals surface area (Å²) < 4.78 is 5.92. The molecule has 5 rings (SSSR count). The van der Waals surface area contributed by atoms with E-state index in [1.165, 1.54) is 0 Å². The molecule has 202 valence electrons. The second-order valence-corrected chi connectivity index (χ2v) is 9.65. The zero-order valence-corrected chi connectivity index (χ0v) is 22.7. The number of nitrogens with one attached hydrogen (secondary N) is 1. The number of fused-ring (bicyclic) bond motifs is 2. The van der Waals surface area contributed by atoms with Gasteiger partial charge in [0.05, 0.1) is 41.1 Å². The Balaban J connectivity index is 1.40. The number of hydrogen-bond donors (Lipinski definition) is 1. The third-order valence-electron chi connectivity index (χ3n) is 7.22. The number of rotatable bonds is 7. The van der Waals surface area contributed by atoms with Crippen molar-refractivity contribution in [2.75, 3.05) is 68.5 Å². The van der Waals surface area contributed by atoms with Crippen LogP contribution < -0.4 is 19.9 Å². The lowest BCUT2D eigenvalue weighted by Crippen LogP contribution is -2.48. The standard InChI is InChI=1S/C30H34N6O3/c1-5-13-35-14-16-36(17-15-35)29(37)21-11-12-23(27(18-21)39-6-2)32-28-19-25-26(20-31-28)34(4)30(38)22-9-7-8-10-24(22)33(25)3/h5,7-12,18-20H,1,6,13-17H2,2-4H3,(H,31,32). The van der Waals surface area contributed by atoms with Crippen molar-refractivity contribution in [2.24, 2.45) is 0 Å². The Labute approximate surface area is 229 Å². The van der Waals surface area contributed by atoms with Gasteiger partial charge in [0.25, 0.3) is 11.8 Å². The summed E-state index contributed by atoms with van der Waals surface area (Å²) in [7, 11) is 3.70. The fourth-order valence-electron chi connectivity index (χ4n) is 5.07. The van der Waals surface area contributed by atoms with Gasteiger partial charge in [0.15, 0.2) is 0 Å². The summed E-state index contributed by atoms with van der Waals surface area (Å²) in [5, 5.41) is 3.36. The van der Waals surface area contributed by atoms with E-state index in [1.807, 2.05) is 72.3 Å². The number of carbonyl (C=O) groups is 2. The SMILES string of the molecule is C=CCN1CCN(C(=O)c2ccc(Nc3cc4c(cn3)N(C)C(=O)c3ccccc3N4C)c(OCC)c2)CC1. The molecular weight excluding hydrogens is 492 g/mol. The third kappa shape index (κ3) is 5.18. The first-order valence-corrected chi connectivity index (χ1v) is 13.2. The Morgan fingerprint density at radius 1 is 1.03 bits per heavy atom. The number of nitrogens with zero attached hydrogens (tertiary/aromatic N) is 5. The molecule has 2 aliphatic rings. The predicted molar refractivity (Wildman–Crippen MR) is 155 cm³/mol. The summed E-state index contributed by atoms with van der Waals surface area (Å²) in [5.74, 6) is 1.09. The van der Waals surface area contributed by atoms with Crippen molar-refractivity contribution in [3.8, 4) is 5.75 Å². The molecule has 0 atom stereocenters. The summed E-state index contributed by atoms with van der Waals surface area (Å²) in [6.45, 7) is 10.0. The van der Waals surface area contributed by atoms with Crippen LogP contribution >= 0.6 is 0 Å². The van der Waals surface area contributed by atoms with E-state index >= 15 is 0 Å². The first-order valence-electron chi connectivity index (χ1n) is 13.2. The lowest BCUT2D eigenvalue weighted by molar-refractivity contribution is 0.0649. The molecule has 3 heterocycles. The van der Waals surface area contributed by atoms with Crippen LogP contribution in [0.3, 0.4) is 0 Å². The molecule has 1 N–H and O–H groups in total. The number of carbonyl (C=O) groups excluding carboxylic acids is 2. The Morgan fingerprint density at radius 2 is 1.79 bits per heavy atom. The largest absolute Gasteiger partial charge is 0.492 e. The molecule has 2 aromatic carbocycles. The first-order chi connectivity index (χ1) is 18.9. The molecule has 0 aliphatic carbocycles. The number of anilines is 5. The molecule has 9 heteroatoms. The van der Waals surface area contributed by atoms with Gasteiger partial charge >= 0.3 is 0 Å². The van der Waals surface area contributed by atoms with E-state index in [0.717, 1.165) is 31.0 Å². The zero-order chi connectivity index (χ0) is 27.5. The molecule has 0 bridgehead atoms. The minimum Gasteiger partial charge on any atom is -0.492 e.